The van der Waals surface area contributed by atoms with Crippen molar-refractivity contribution in [3.63, 3.8) is 0 Å². The summed E-state index contributed by atoms with van der Waals surface area (Å²) in [6, 6.07) is 8.82. The quantitative estimate of drug-likeness (QED) is 0.806. The van der Waals surface area contributed by atoms with E-state index in [4.69, 9.17) is 4.74 Å². The molecule has 0 saturated heterocycles. The SMILES string of the molecule is CC(C)(C)OC(=O)NNC(c1ccc(C(C)(C)C)cc1)C1CC1. The van der Waals surface area contributed by atoms with Crippen molar-refractivity contribution in [2.45, 2.75) is 71.4 Å². The fourth-order valence-electron chi connectivity index (χ4n) is 2.53. The van der Waals surface area contributed by atoms with Gasteiger partial charge in [0.25, 0.3) is 0 Å². The molecular weight excluding hydrogens is 288 g/mol. The third kappa shape index (κ3) is 5.54. The standard InChI is InChI=1S/C19H30N2O2/c1-18(2,3)15-11-9-14(10-12-15)16(13-7-8-13)20-21-17(22)23-19(4,5)6/h9-13,16,20H,7-8H2,1-6H3,(H,21,22). The number of hydrogen-bond donors (Lipinski definition) is 2. The molecule has 1 amide bonds. The number of carbonyl (C=O) groups excluding carboxylic acids is 1. The second-order valence-corrected chi connectivity index (χ2v) is 8.46. The average molecular weight is 318 g/mol. The van der Waals surface area contributed by atoms with Crippen LogP contribution in [0.25, 0.3) is 0 Å². The molecular formula is C19H30N2O2. The molecule has 1 saturated carbocycles. The number of ether oxygens (including phenoxy) is 1. The molecule has 4 nitrogen and oxygen atoms in total. The van der Waals surface area contributed by atoms with Gasteiger partial charge in [0, 0.05) is 0 Å². The summed E-state index contributed by atoms with van der Waals surface area (Å²) in [5.74, 6) is 0.574. The number of hydrogen-bond acceptors (Lipinski definition) is 3. The fourth-order valence-corrected chi connectivity index (χ4v) is 2.53. The maximum atomic E-state index is 11.8. The lowest BCUT2D eigenvalue weighted by molar-refractivity contribution is 0.0485. The van der Waals surface area contributed by atoms with Crippen LogP contribution >= 0.6 is 0 Å². The Hall–Kier alpha value is -1.55. The lowest BCUT2D eigenvalue weighted by Crippen LogP contribution is -2.43. The molecule has 1 aliphatic rings. The molecule has 0 heterocycles. The van der Waals surface area contributed by atoms with Crippen LogP contribution in [0.5, 0.6) is 0 Å². The third-order valence-electron chi connectivity index (χ3n) is 3.96. The van der Waals surface area contributed by atoms with Crippen LogP contribution in [0.4, 0.5) is 4.79 Å². The van der Waals surface area contributed by atoms with E-state index >= 15 is 0 Å². The topological polar surface area (TPSA) is 50.4 Å². The average Bonchev–Trinajstić information content (AvgIpc) is 3.21. The van der Waals surface area contributed by atoms with E-state index in [9.17, 15) is 4.79 Å². The molecule has 1 aromatic rings. The summed E-state index contributed by atoms with van der Waals surface area (Å²) >= 11 is 0. The van der Waals surface area contributed by atoms with Gasteiger partial charge in [0.15, 0.2) is 0 Å². The molecule has 0 aromatic heterocycles. The summed E-state index contributed by atoms with van der Waals surface area (Å²) in [6.07, 6.45) is 1.94. The van der Waals surface area contributed by atoms with Crippen molar-refractivity contribution < 1.29 is 9.53 Å². The van der Waals surface area contributed by atoms with Crippen molar-refractivity contribution >= 4 is 6.09 Å². The lowest BCUT2D eigenvalue weighted by Gasteiger charge is -2.24. The Bertz CT molecular complexity index is 534. The first-order valence-electron chi connectivity index (χ1n) is 8.41. The molecule has 1 fully saturated rings. The predicted molar refractivity (Wildman–Crippen MR) is 93.1 cm³/mol. The van der Waals surface area contributed by atoms with Crippen LogP contribution in [-0.2, 0) is 10.2 Å². The van der Waals surface area contributed by atoms with Gasteiger partial charge in [0.1, 0.15) is 5.60 Å². The number of amides is 1. The molecule has 0 bridgehead atoms. The summed E-state index contributed by atoms with van der Waals surface area (Å²) in [5.41, 5.74) is 8.03. The van der Waals surface area contributed by atoms with Crippen LogP contribution in [0.3, 0.4) is 0 Å². The van der Waals surface area contributed by atoms with Crippen LogP contribution < -0.4 is 10.9 Å². The number of benzene rings is 1. The highest BCUT2D eigenvalue weighted by atomic mass is 16.6. The monoisotopic (exact) mass is 318 g/mol. The largest absolute Gasteiger partial charge is 0.443 e. The number of rotatable bonds is 4. The predicted octanol–water partition coefficient (Wildman–Crippen LogP) is 4.46. The molecule has 1 atom stereocenters. The summed E-state index contributed by atoms with van der Waals surface area (Å²) in [6.45, 7) is 12.2. The Labute approximate surface area is 140 Å². The van der Waals surface area contributed by atoms with Gasteiger partial charge in [-0.3, -0.25) is 5.43 Å². The molecule has 0 aliphatic heterocycles. The fraction of sp³-hybridized carbons (Fsp3) is 0.632. The van der Waals surface area contributed by atoms with Gasteiger partial charge in [0.05, 0.1) is 6.04 Å². The van der Waals surface area contributed by atoms with Crippen LogP contribution in [0.15, 0.2) is 24.3 Å². The molecule has 0 radical (unpaired) electrons. The van der Waals surface area contributed by atoms with Gasteiger partial charge >= 0.3 is 6.09 Å². The Morgan fingerprint density at radius 2 is 1.65 bits per heavy atom. The molecule has 128 valence electrons. The summed E-state index contributed by atoms with van der Waals surface area (Å²) < 4.78 is 5.28. The van der Waals surface area contributed by atoms with E-state index in [1.54, 1.807) is 0 Å². The molecule has 1 aromatic carbocycles. The molecule has 2 N–H and O–H groups in total. The van der Waals surface area contributed by atoms with E-state index in [1.165, 1.54) is 24.0 Å². The van der Waals surface area contributed by atoms with Crippen LogP contribution in [0, 0.1) is 5.92 Å². The zero-order valence-corrected chi connectivity index (χ0v) is 15.2. The van der Waals surface area contributed by atoms with Crippen molar-refractivity contribution in [2.24, 2.45) is 5.92 Å². The number of hydrazine groups is 1. The van der Waals surface area contributed by atoms with Gasteiger partial charge in [-0.25, -0.2) is 10.2 Å². The van der Waals surface area contributed by atoms with Gasteiger partial charge < -0.3 is 4.74 Å². The Kier molecular flexibility index (Phi) is 5.04. The van der Waals surface area contributed by atoms with Gasteiger partial charge in [-0.15, -0.1) is 0 Å². The number of nitrogens with one attached hydrogen (secondary N) is 2. The Morgan fingerprint density at radius 1 is 1.09 bits per heavy atom. The minimum atomic E-state index is -0.491. The van der Waals surface area contributed by atoms with Crippen LogP contribution in [-0.4, -0.2) is 11.7 Å². The van der Waals surface area contributed by atoms with E-state index in [0.717, 1.165) is 0 Å². The van der Waals surface area contributed by atoms with E-state index in [0.29, 0.717) is 5.92 Å². The van der Waals surface area contributed by atoms with Gasteiger partial charge in [-0.1, -0.05) is 45.0 Å². The lowest BCUT2D eigenvalue weighted by atomic mass is 9.86. The minimum absolute atomic E-state index is 0.136. The Balaban J connectivity index is 2.00. The van der Waals surface area contributed by atoms with Gasteiger partial charge in [-0.2, -0.15) is 0 Å². The van der Waals surface area contributed by atoms with Crippen molar-refractivity contribution in [3.8, 4) is 0 Å². The summed E-state index contributed by atoms with van der Waals surface area (Å²) in [4.78, 5) is 11.8. The molecule has 4 heteroatoms. The Morgan fingerprint density at radius 3 is 2.09 bits per heavy atom. The van der Waals surface area contributed by atoms with Gasteiger partial charge in [-0.05, 0) is 56.1 Å². The molecule has 2 rings (SSSR count). The first-order chi connectivity index (χ1) is 10.6. The maximum Gasteiger partial charge on any atom is 0.422 e. The first-order valence-corrected chi connectivity index (χ1v) is 8.41. The second kappa shape index (κ2) is 6.52. The van der Waals surface area contributed by atoms with E-state index < -0.39 is 11.7 Å². The third-order valence-corrected chi connectivity index (χ3v) is 3.96. The summed E-state index contributed by atoms with van der Waals surface area (Å²) in [5, 5.41) is 0. The highest BCUT2D eigenvalue weighted by Gasteiger charge is 2.33. The van der Waals surface area contributed by atoms with E-state index in [1.807, 2.05) is 20.8 Å². The van der Waals surface area contributed by atoms with Crippen LogP contribution in [0.2, 0.25) is 0 Å². The normalized spacial score (nSPS) is 16.8. The van der Waals surface area contributed by atoms with E-state index in [2.05, 4.69) is 55.9 Å². The molecule has 0 spiro atoms. The highest BCUT2D eigenvalue weighted by molar-refractivity contribution is 5.67. The van der Waals surface area contributed by atoms with Crippen molar-refractivity contribution in [1.29, 1.82) is 0 Å². The van der Waals surface area contributed by atoms with Crippen LogP contribution in [0.1, 0.15) is 71.6 Å². The molecule has 1 unspecified atom stereocenters. The molecule has 23 heavy (non-hydrogen) atoms. The van der Waals surface area contributed by atoms with Crippen molar-refractivity contribution in [2.75, 3.05) is 0 Å². The second-order valence-electron chi connectivity index (χ2n) is 8.46. The maximum absolute atomic E-state index is 11.8. The first kappa shape index (κ1) is 17.8. The van der Waals surface area contributed by atoms with Crippen molar-refractivity contribution in [3.05, 3.63) is 35.4 Å². The number of carbonyl (C=O) groups is 1. The van der Waals surface area contributed by atoms with Gasteiger partial charge in [0.2, 0.25) is 0 Å². The minimum Gasteiger partial charge on any atom is -0.443 e. The highest BCUT2D eigenvalue weighted by Crippen LogP contribution is 2.41. The zero-order chi connectivity index (χ0) is 17.3. The smallest absolute Gasteiger partial charge is 0.422 e. The summed E-state index contributed by atoms with van der Waals surface area (Å²) in [7, 11) is 0. The van der Waals surface area contributed by atoms with E-state index in [-0.39, 0.29) is 11.5 Å². The van der Waals surface area contributed by atoms with Crippen molar-refractivity contribution in [1.82, 2.24) is 10.9 Å². The zero-order valence-electron chi connectivity index (χ0n) is 15.2. The molecule has 1 aliphatic carbocycles.